The number of rotatable bonds is 4. The van der Waals surface area contributed by atoms with Gasteiger partial charge in [0.15, 0.2) is 0 Å². The lowest BCUT2D eigenvalue weighted by Crippen LogP contribution is -2.27. The van der Waals surface area contributed by atoms with Crippen LogP contribution in [-0.2, 0) is 6.61 Å². The van der Waals surface area contributed by atoms with Crippen LogP contribution in [0.2, 0.25) is 5.02 Å². The molecule has 2 aromatic rings. The Morgan fingerprint density at radius 2 is 2.00 bits per heavy atom. The van der Waals surface area contributed by atoms with Gasteiger partial charge in [0.05, 0.1) is 6.04 Å². The second-order valence-corrected chi connectivity index (χ2v) is 6.75. The van der Waals surface area contributed by atoms with Crippen molar-refractivity contribution in [2.45, 2.75) is 12.6 Å². The molecule has 0 bridgehead atoms. The fraction of sp³-hybridized carbons (Fsp3) is 0.176. The zero-order valence-corrected chi connectivity index (χ0v) is 14.9. The molecule has 0 spiro atoms. The minimum absolute atomic E-state index is 0.0104. The van der Waals surface area contributed by atoms with E-state index in [1.807, 2.05) is 60.7 Å². The molecule has 0 aliphatic carbocycles. The van der Waals surface area contributed by atoms with E-state index in [-0.39, 0.29) is 6.04 Å². The molecule has 1 aliphatic rings. The summed E-state index contributed by atoms with van der Waals surface area (Å²) in [7, 11) is 1.95. The van der Waals surface area contributed by atoms with Crippen molar-refractivity contribution >= 4 is 33.2 Å². The number of hydrazine groups is 1. The largest absolute Gasteiger partial charge is 0.489 e. The average molecular weight is 395 g/mol. The Morgan fingerprint density at radius 1 is 1.26 bits per heavy atom. The van der Waals surface area contributed by atoms with E-state index in [0.717, 1.165) is 21.4 Å². The maximum absolute atomic E-state index is 6.01. The highest BCUT2D eigenvalue weighted by molar-refractivity contribution is 9.11. The van der Waals surface area contributed by atoms with Crippen LogP contribution in [0.1, 0.15) is 17.2 Å². The van der Waals surface area contributed by atoms with Crippen molar-refractivity contribution in [2.75, 3.05) is 12.8 Å². The summed E-state index contributed by atoms with van der Waals surface area (Å²) < 4.78 is 7.04. The fourth-order valence-corrected chi connectivity index (χ4v) is 3.23. The van der Waals surface area contributed by atoms with Gasteiger partial charge in [0.25, 0.3) is 0 Å². The van der Waals surface area contributed by atoms with E-state index in [2.05, 4.69) is 21.4 Å². The smallest absolute Gasteiger partial charge is 0.125 e. The minimum Gasteiger partial charge on any atom is -0.489 e. The molecule has 1 aliphatic heterocycles. The standard InChI is InChI=1S/C17H17BrClN3O/c1-22-9-15(18)17(21-22)14-8-13(20)6-7-16(14)23-10-11-2-4-12(19)5-3-11/h2-9,17,21H,10,20H2,1H3. The summed E-state index contributed by atoms with van der Waals surface area (Å²) in [5.41, 5.74) is 12.0. The predicted octanol–water partition coefficient (Wildman–Crippen LogP) is 4.23. The van der Waals surface area contributed by atoms with Crippen molar-refractivity contribution in [1.29, 1.82) is 0 Å². The average Bonchev–Trinajstić information content (AvgIpc) is 2.86. The first-order valence-corrected chi connectivity index (χ1v) is 8.33. The van der Waals surface area contributed by atoms with E-state index >= 15 is 0 Å². The van der Waals surface area contributed by atoms with Gasteiger partial charge in [-0.3, -0.25) is 0 Å². The van der Waals surface area contributed by atoms with E-state index in [1.165, 1.54) is 0 Å². The van der Waals surface area contributed by atoms with Gasteiger partial charge in [-0.15, -0.1) is 0 Å². The van der Waals surface area contributed by atoms with Gasteiger partial charge in [-0.05, 0) is 35.9 Å². The minimum atomic E-state index is -0.0104. The van der Waals surface area contributed by atoms with Crippen LogP contribution in [-0.4, -0.2) is 12.1 Å². The Kier molecular flexibility index (Phi) is 4.80. The number of anilines is 1. The second kappa shape index (κ2) is 6.83. The monoisotopic (exact) mass is 393 g/mol. The van der Waals surface area contributed by atoms with Crippen LogP contribution < -0.4 is 15.9 Å². The van der Waals surface area contributed by atoms with Gasteiger partial charge >= 0.3 is 0 Å². The Hall–Kier alpha value is -1.69. The SMILES string of the molecule is CN1C=C(Br)C(c2cc(N)ccc2OCc2ccc(Cl)cc2)N1. The number of nitrogens with one attached hydrogen (secondary N) is 1. The highest BCUT2D eigenvalue weighted by atomic mass is 79.9. The molecule has 0 amide bonds. The van der Waals surface area contributed by atoms with Crippen molar-refractivity contribution in [2.24, 2.45) is 0 Å². The maximum Gasteiger partial charge on any atom is 0.125 e. The second-order valence-electron chi connectivity index (χ2n) is 5.40. The van der Waals surface area contributed by atoms with E-state index in [9.17, 15) is 0 Å². The molecule has 1 unspecified atom stereocenters. The molecule has 1 atom stereocenters. The molecule has 0 saturated carbocycles. The van der Waals surface area contributed by atoms with Crippen molar-refractivity contribution in [3.63, 3.8) is 0 Å². The number of halogens is 2. The van der Waals surface area contributed by atoms with Crippen LogP contribution in [0.4, 0.5) is 5.69 Å². The van der Waals surface area contributed by atoms with Gasteiger partial charge in [-0.25, -0.2) is 5.43 Å². The van der Waals surface area contributed by atoms with Gasteiger partial charge < -0.3 is 15.5 Å². The molecular weight excluding hydrogens is 378 g/mol. The molecule has 120 valence electrons. The lowest BCUT2D eigenvalue weighted by atomic mass is 10.1. The highest BCUT2D eigenvalue weighted by Crippen LogP contribution is 2.37. The van der Waals surface area contributed by atoms with Crippen molar-refractivity contribution in [3.05, 3.63) is 69.3 Å². The Balaban J connectivity index is 1.82. The number of benzene rings is 2. The third-order valence-corrected chi connectivity index (χ3v) is 4.49. The molecule has 6 heteroatoms. The number of ether oxygens (including phenoxy) is 1. The summed E-state index contributed by atoms with van der Waals surface area (Å²) in [6, 6.07) is 13.3. The Morgan fingerprint density at radius 3 is 2.65 bits per heavy atom. The van der Waals surface area contributed by atoms with Gasteiger partial charge in [0.2, 0.25) is 0 Å². The molecule has 3 rings (SSSR count). The number of hydrogen-bond donors (Lipinski definition) is 2. The maximum atomic E-state index is 6.01. The van der Waals surface area contributed by atoms with Crippen LogP contribution >= 0.6 is 27.5 Å². The normalized spacial score (nSPS) is 17.3. The molecular formula is C17H17BrClN3O. The Labute approximate surface area is 149 Å². The molecule has 0 radical (unpaired) electrons. The third kappa shape index (κ3) is 3.80. The molecule has 0 aromatic heterocycles. The lowest BCUT2D eigenvalue weighted by Gasteiger charge is -2.20. The summed E-state index contributed by atoms with van der Waals surface area (Å²) in [5, 5.41) is 2.62. The zero-order valence-electron chi connectivity index (χ0n) is 12.6. The van der Waals surface area contributed by atoms with Gasteiger partial charge in [-0.1, -0.05) is 39.7 Å². The van der Waals surface area contributed by atoms with Crippen molar-refractivity contribution in [1.82, 2.24) is 10.4 Å². The number of hydrogen-bond acceptors (Lipinski definition) is 4. The van der Waals surface area contributed by atoms with Crippen molar-refractivity contribution < 1.29 is 4.74 Å². The molecule has 1 heterocycles. The lowest BCUT2D eigenvalue weighted by molar-refractivity contribution is 0.291. The summed E-state index contributed by atoms with van der Waals surface area (Å²) in [6.45, 7) is 0.470. The fourth-order valence-electron chi connectivity index (χ4n) is 2.45. The summed E-state index contributed by atoms with van der Waals surface area (Å²) in [4.78, 5) is 0. The zero-order chi connectivity index (χ0) is 16.4. The summed E-state index contributed by atoms with van der Waals surface area (Å²) in [6.07, 6.45) is 1.98. The molecule has 4 nitrogen and oxygen atoms in total. The van der Waals surface area contributed by atoms with E-state index in [4.69, 9.17) is 22.1 Å². The first-order valence-electron chi connectivity index (χ1n) is 7.16. The van der Waals surface area contributed by atoms with Crippen LogP contribution in [0.5, 0.6) is 5.75 Å². The van der Waals surface area contributed by atoms with E-state index < -0.39 is 0 Å². The van der Waals surface area contributed by atoms with Gasteiger partial charge in [0.1, 0.15) is 12.4 Å². The summed E-state index contributed by atoms with van der Waals surface area (Å²) in [5.74, 6) is 0.798. The molecule has 0 saturated heterocycles. The molecule has 23 heavy (non-hydrogen) atoms. The van der Waals surface area contributed by atoms with Gasteiger partial charge in [-0.2, -0.15) is 0 Å². The number of nitrogen functional groups attached to an aromatic ring is 1. The number of nitrogens with two attached hydrogens (primary N) is 1. The van der Waals surface area contributed by atoms with Crippen LogP contribution in [0.25, 0.3) is 0 Å². The van der Waals surface area contributed by atoms with Crippen LogP contribution in [0.15, 0.2) is 53.1 Å². The van der Waals surface area contributed by atoms with E-state index in [1.54, 1.807) is 0 Å². The quantitative estimate of drug-likeness (QED) is 0.762. The molecule has 3 N–H and O–H groups in total. The first-order chi connectivity index (χ1) is 11.0. The van der Waals surface area contributed by atoms with Crippen LogP contribution in [0, 0.1) is 0 Å². The third-order valence-electron chi connectivity index (χ3n) is 3.58. The molecule has 0 fully saturated rings. The number of nitrogens with zero attached hydrogens (tertiary/aromatic N) is 1. The van der Waals surface area contributed by atoms with E-state index in [0.29, 0.717) is 17.3 Å². The first kappa shape index (κ1) is 16.2. The molecule has 2 aromatic carbocycles. The van der Waals surface area contributed by atoms with Crippen LogP contribution in [0.3, 0.4) is 0 Å². The summed E-state index contributed by atoms with van der Waals surface area (Å²) >= 11 is 9.50. The highest BCUT2D eigenvalue weighted by Gasteiger charge is 2.25. The predicted molar refractivity (Wildman–Crippen MR) is 97.3 cm³/mol. The van der Waals surface area contributed by atoms with Gasteiger partial charge in [0, 0.05) is 34.0 Å². The van der Waals surface area contributed by atoms with Crippen molar-refractivity contribution in [3.8, 4) is 5.75 Å². The Bertz CT molecular complexity index is 733. The topological polar surface area (TPSA) is 50.5 Å².